The smallest absolute Gasteiger partial charge is 0.338 e. The lowest BCUT2D eigenvalue weighted by Crippen LogP contribution is -2.23. The first-order chi connectivity index (χ1) is 9.62. The molecule has 0 amide bonds. The minimum absolute atomic E-state index is 0.363. The predicted octanol–water partition coefficient (Wildman–Crippen LogP) is 3.52. The molecule has 0 radical (unpaired) electrons. The fraction of sp³-hybridized carbons (Fsp3) is 0.533. The van der Waals surface area contributed by atoms with Gasteiger partial charge in [0.1, 0.15) is 5.75 Å². The zero-order chi connectivity index (χ0) is 14.4. The number of carboxylic acids is 1. The summed E-state index contributed by atoms with van der Waals surface area (Å²) in [5.74, 6) is -0.00539. The minimum Gasteiger partial charge on any atom is -0.494 e. The highest BCUT2D eigenvalue weighted by molar-refractivity contribution is 6.30. The van der Waals surface area contributed by atoms with Gasteiger partial charge in [0.2, 0.25) is 0 Å². The highest BCUT2D eigenvalue weighted by Gasteiger charge is 2.51. The van der Waals surface area contributed by atoms with Crippen molar-refractivity contribution in [2.75, 3.05) is 13.2 Å². The first kappa shape index (κ1) is 15.1. The van der Waals surface area contributed by atoms with Crippen molar-refractivity contribution in [3.63, 3.8) is 0 Å². The molecule has 1 aliphatic rings. The Morgan fingerprint density at radius 2 is 1.90 bits per heavy atom. The Hall–Kier alpha value is -1.26. The molecule has 1 fully saturated rings. The Kier molecular flexibility index (Phi) is 5.26. The number of hydrogen-bond acceptors (Lipinski definition) is 3. The summed E-state index contributed by atoms with van der Waals surface area (Å²) in [5, 5.41) is 9.64. The summed E-state index contributed by atoms with van der Waals surface area (Å²) in [6.45, 7) is 1.03. The number of hydrogen-bond donors (Lipinski definition) is 1. The minimum atomic E-state index is -0.861. The van der Waals surface area contributed by atoms with Gasteiger partial charge < -0.3 is 14.6 Å². The summed E-state index contributed by atoms with van der Waals surface area (Å²) in [7, 11) is 0. The maximum absolute atomic E-state index is 10.9. The van der Waals surface area contributed by atoms with E-state index < -0.39 is 11.6 Å². The molecule has 0 aliphatic carbocycles. The van der Waals surface area contributed by atoms with E-state index >= 15 is 0 Å². The monoisotopic (exact) mass is 298 g/mol. The van der Waals surface area contributed by atoms with Crippen molar-refractivity contribution in [1.29, 1.82) is 0 Å². The van der Waals surface area contributed by atoms with Crippen molar-refractivity contribution in [2.24, 2.45) is 0 Å². The lowest BCUT2D eigenvalue weighted by molar-refractivity contribution is -0.143. The van der Waals surface area contributed by atoms with Crippen LogP contribution in [0.25, 0.3) is 0 Å². The number of halogens is 1. The van der Waals surface area contributed by atoms with Gasteiger partial charge in [-0.1, -0.05) is 24.4 Å². The summed E-state index contributed by atoms with van der Waals surface area (Å²) in [6.07, 6.45) is 4.49. The molecular formula is C15H19ClO4. The predicted molar refractivity (Wildman–Crippen MR) is 76.4 cm³/mol. The van der Waals surface area contributed by atoms with E-state index in [9.17, 15) is 4.79 Å². The Balaban J connectivity index is 1.50. The number of carbonyl (C=O) groups is 1. The first-order valence-electron chi connectivity index (χ1n) is 6.88. The van der Waals surface area contributed by atoms with Crippen molar-refractivity contribution < 1.29 is 19.4 Å². The van der Waals surface area contributed by atoms with Gasteiger partial charge in [0.15, 0.2) is 5.60 Å². The Morgan fingerprint density at radius 1 is 1.25 bits per heavy atom. The molecule has 4 nitrogen and oxygen atoms in total. The molecule has 1 aromatic rings. The lowest BCUT2D eigenvalue weighted by atomic mass is 10.0. The van der Waals surface area contributed by atoms with Crippen molar-refractivity contribution >= 4 is 17.6 Å². The van der Waals surface area contributed by atoms with Crippen LogP contribution in [0.1, 0.15) is 32.1 Å². The second kappa shape index (κ2) is 6.95. The molecule has 0 saturated carbocycles. The topological polar surface area (TPSA) is 59.1 Å². The lowest BCUT2D eigenvalue weighted by Gasteiger charge is -2.07. The summed E-state index contributed by atoms with van der Waals surface area (Å²) in [6, 6.07) is 7.31. The zero-order valence-electron chi connectivity index (χ0n) is 11.3. The molecule has 0 spiro atoms. The van der Waals surface area contributed by atoms with Gasteiger partial charge in [-0.05, 0) is 43.5 Å². The maximum atomic E-state index is 10.9. The average Bonchev–Trinajstić information content (AvgIpc) is 3.21. The highest BCUT2D eigenvalue weighted by atomic mass is 35.5. The summed E-state index contributed by atoms with van der Waals surface area (Å²) in [4.78, 5) is 10.9. The third kappa shape index (κ3) is 4.39. The summed E-state index contributed by atoms with van der Waals surface area (Å²) in [5.41, 5.74) is -0.861. The largest absolute Gasteiger partial charge is 0.494 e. The molecule has 0 aromatic heterocycles. The highest BCUT2D eigenvalue weighted by Crippen LogP contribution is 2.33. The molecule has 20 heavy (non-hydrogen) atoms. The zero-order valence-corrected chi connectivity index (χ0v) is 12.1. The van der Waals surface area contributed by atoms with Gasteiger partial charge >= 0.3 is 5.97 Å². The molecule has 110 valence electrons. The number of ether oxygens (including phenoxy) is 2. The molecule has 0 bridgehead atoms. The standard InChI is InChI=1S/C15H19ClO4/c16-12-5-7-13(8-6-12)19-10-4-2-1-3-9-15(11-20-15)14(17)18/h5-8H,1-4,9-11H2,(H,17,18)/t15-/m1/s1. The van der Waals surface area contributed by atoms with Crippen LogP contribution < -0.4 is 4.74 Å². The molecule has 2 rings (SSSR count). The number of rotatable bonds is 9. The van der Waals surface area contributed by atoms with Crippen LogP contribution in [0.2, 0.25) is 5.02 Å². The van der Waals surface area contributed by atoms with Gasteiger partial charge in [-0.15, -0.1) is 0 Å². The third-order valence-electron chi connectivity index (χ3n) is 3.44. The van der Waals surface area contributed by atoms with Crippen molar-refractivity contribution in [3.05, 3.63) is 29.3 Å². The number of epoxide rings is 1. The van der Waals surface area contributed by atoms with Crippen LogP contribution in [-0.2, 0) is 9.53 Å². The number of aliphatic carboxylic acids is 1. The Bertz CT molecular complexity index is 440. The van der Waals surface area contributed by atoms with E-state index in [4.69, 9.17) is 26.2 Å². The molecule has 1 heterocycles. The normalized spacial score (nSPS) is 20.6. The molecule has 0 unspecified atom stereocenters. The van der Waals surface area contributed by atoms with E-state index in [1.165, 1.54) is 0 Å². The van der Waals surface area contributed by atoms with Crippen LogP contribution in [0.15, 0.2) is 24.3 Å². The summed E-state index contributed by atoms with van der Waals surface area (Å²) < 4.78 is 10.6. The molecular weight excluding hydrogens is 280 g/mol. The van der Waals surface area contributed by atoms with Crippen LogP contribution in [0.3, 0.4) is 0 Å². The van der Waals surface area contributed by atoms with Gasteiger partial charge in [-0.3, -0.25) is 0 Å². The van der Waals surface area contributed by atoms with E-state index in [2.05, 4.69) is 0 Å². The molecule has 5 heteroatoms. The Morgan fingerprint density at radius 3 is 2.50 bits per heavy atom. The van der Waals surface area contributed by atoms with Crippen molar-refractivity contribution in [3.8, 4) is 5.75 Å². The van der Waals surface area contributed by atoms with Gasteiger partial charge in [0.05, 0.1) is 13.2 Å². The van der Waals surface area contributed by atoms with E-state index in [1.54, 1.807) is 12.1 Å². The quantitative estimate of drug-likeness (QED) is 0.560. The van der Waals surface area contributed by atoms with Crippen LogP contribution >= 0.6 is 11.6 Å². The summed E-state index contributed by atoms with van der Waals surface area (Å²) >= 11 is 5.79. The first-order valence-corrected chi connectivity index (χ1v) is 7.26. The second-order valence-electron chi connectivity index (χ2n) is 5.05. The number of unbranched alkanes of at least 4 members (excludes halogenated alkanes) is 3. The van der Waals surface area contributed by atoms with Gasteiger partial charge in [0, 0.05) is 5.02 Å². The number of carboxylic acid groups (broad SMARTS) is 1. The van der Waals surface area contributed by atoms with E-state index in [0.29, 0.717) is 24.7 Å². The fourth-order valence-corrected chi connectivity index (χ4v) is 2.17. The van der Waals surface area contributed by atoms with E-state index in [1.807, 2.05) is 12.1 Å². The average molecular weight is 299 g/mol. The van der Waals surface area contributed by atoms with Gasteiger partial charge in [0.25, 0.3) is 0 Å². The third-order valence-corrected chi connectivity index (χ3v) is 3.69. The van der Waals surface area contributed by atoms with Crippen molar-refractivity contribution in [2.45, 2.75) is 37.7 Å². The maximum Gasteiger partial charge on any atom is 0.338 e. The van der Waals surface area contributed by atoms with E-state index in [0.717, 1.165) is 31.4 Å². The van der Waals surface area contributed by atoms with Crippen LogP contribution in [0, 0.1) is 0 Å². The Labute approximate surface area is 123 Å². The van der Waals surface area contributed by atoms with Gasteiger partial charge in [-0.2, -0.15) is 0 Å². The molecule has 1 N–H and O–H groups in total. The molecule has 1 atom stereocenters. The number of benzene rings is 1. The van der Waals surface area contributed by atoms with Crippen molar-refractivity contribution in [1.82, 2.24) is 0 Å². The van der Waals surface area contributed by atoms with Crippen LogP contribution in [-0.4, -0.2) is 29.9 Å². The second-order valence-corrected chi connectivity index (χ2v) is 5.49. The SMILES string of the molecule is O=C(O)[C@@]1(CCCCCCOc2ccc(Cl)cc2)CO1. The molecule has 1 aliphatic heterocycles. The molecule has 1 saturated heterocycles. The van der Waals surface area contributed by atoms with E-state index in [-0.39, 0.29) is 0 Å². The molecule has 1 aromatic carbocycles. The van der Waals surface area contributed by atoms with Crippen LogP contribution in [0.5, 0.6) is 5.75 Å². The van der Waals surface area contributed by atoms with Gasteiger partial charge in [-0.25, -0.2) is 4.79 Å². The fourth-order valence-electron chi connectivity index (χ4n) is 2.05. The van der Waals surface area contributed by atoms with Crippen LogP contribution in [0.4, 0.5) is 0 Å².